The minimum atomic E-state index is -1.39. The van der Waals surface area contributed by atoms with Crippen molar-refractivity contribution in [2.24, 2.45) is 0 Å². The summed E-state index contributed by atoms with van der Waals surface area (Å²) in [5.74, 6) is 0. The predicted octanol–water partition coefficient (Wildman–Crippen LogP) is 9.23. The Labute approximate surface area is 338 Å². The molecule has 2 saturated heterocycles. The number of halogens is 4. The smallest absolute Gasteiger partial charge is 0.410 e. The van der Waals surface area contributed by atoms with Crippen molar-refractivity contribution in [1.82, 2.24) is 9.80 Å². The summed E-state index contributed by atoms with van der Waals surface area (Å²) in [5.41, 5.74) is -1.80. The predicted molar refractivity (Wildman–Crippen MR) is 213 cm³/mol. The van der Waals surface area contributed by atoms with Gasteiger partial charge in [-0.1, -0.05) is 84.2 Å². The van der Waals surface area contributed by atoms with E-state index in [0.717, 1.165) is 5.56 Å². The quantitative estimate of drug-likeness (QED) is 0.232. The maximum atomic E-state index is 12.6. The van der Waals surface area contributed by atoms with Gasteiger partial charge in [-0.2, -0.15) is 0 Å². The first-order valence-electron chi connectivity index (χ1n) is 17.3. The SMILES string of the molecule is C.CC(C)(C)OC(=O)N1CC[C@@](O)(c2ccc(Cl)cc2)[C@H](O)C1.CC(C)(C)OC(=O)N1CC[C@@](O)(c2ccc(Cl)cc2)[C@H](OCc2ccc(Cl)c(Cl)c2)C1. The van der Waals surface area contributed by atoms with E-state index in [1.807, 2.05) is 26.8 Å². The second-order valence-electron chi connectivity index (χ2n) is 15.3. The lowest BCUT2D eigenvalue weighted by atomic mass is 9.82. The van der Waals surface area contributed by atoms with Gasteiger partial charge in [-0.3, -0.25) is 0 Å². The molecule has 0 unspecified atom stereocenters. The first kappa shape index (κ1) is 45.6. The fourth-order valence-corrected chi connectivity index (χ4v) is 6.55. The van der Waals surface area contributed by atoms with Gasteiger partial charge in [-0.05, 0) is 94.6 Å². The summed E-state index contributed by atoms with van der Waals surface area (Å²) in [7, 11) is 0. The monoisotopic (exact) mass is 828 g/mol. The van der Waals surface area contributed by atoms with E-state index in [4.69, 9.17) is 60.6 Å². The second kappa shape index (κ2) is 18.4. The largest absolute Gasteiger partial charge is 0.444 e. The number of rotatable bonds is 5. The van der Waals surface area contributed by atoms with E-state index in [2.05, 4.69) is 0 Å². The third-order valence-electron chi connectivity index (χ3n) is 8.82. The van der Waals surface area contributed by atoms with Gasteiger partial charge < -0.3 is 39.3 Å². The van der Waals surface area contributed by atoms with Crippen LogP contribution in [0.15, 0.2) is 66.7 Å². The topological polar surface area (TPSA) is 129 Å². The summed E-state index contributed by atoms with van der Waals surface area (Å²) in [6.07, 6.45) is -2.17. The lowest BCUT2D eigenvalue weighted by Gasteiger charge is -2.44. The van der Waals surface area contributed by atoms with E-state index in [1.54, 1.807) is 86.3 Å². The van der Waals surface area contributed by atoms with Crippen molar-refractivity contribution in [2.75, 3.05) is 26.2 Å². The average molecular weight is 831 g/mol. The Hall–Kier alpha value is -2.80. The number of β-amino-alcohol motifs (C(OH)–C–C–N with tert-alkyl or cyclic N) is 1. The lowest BCUT2D eigenvalue weighted by molar-refractivity contribution is -0.154. The molecule has 3 aromatic rings. The summed E-state index contributed by atoms with van der Waals surface area (Å²) in [6.45, 7) is 11.8. The molecule has 5 rings (SSSR count). The molecule has 4 atom stereocenters. The van der Waals surface area contributed by atoms with Gasteiger partial charge in [0.2, 0.25) is 0 Å². The maximum Gasteiger partial charge on any atom is 0.410 e. The van der Waals surface area contributed by atoms with Gasteiger partial charge in [0.1, 0.15) is 34.6 Å². The number of nitrogens with zero attached hydrogens (tertiary/aromatic N) is 2. The Morgan fingerprint density at radius 2 is 1.15 bits per heavy atom. The van der Waals surface area contributed by atoms with Gasteiger partial charge in [0.25, 0.3) is 0 Å². The van der Waals surface area contributed by atoms with Crippen LogP contribution in [-0.4, -0.2) is 86.9 Å². The number of carbonyl (C=O) groups excluding carboxylic acids is 2. The molecule has 54 heavy (non-hydrogen) atoms. The van der Waals surface area contributed by atoms with Crippen molar-refractivity contribution in [3.63, 3.8) is 0 Å². The number of likely N-dealkylation sites (tertiary alicyclic amines) is 2. The summed E-state index contributed by atoms with van der Waals surface area (Å²) >= 11 is 24.0. The van der Waals surface area contributed by atoms with Crippen molar-refractivity contribution in [1.29, 1.82) is 0 Å². The molecular weight excluding hydrogens is 778 g/mol. The fourth-order valence-electron chi connectivity index (χ4n) is 5.98. The van der Waals surface area contributed by atoms with Crippen molar-refractivity contribution in [3.8, 4) is 0 Å². The number of aliphatic hydroxyl groups excluding tert-OH is 1. The Morgan fingerprint density at radius 3 is 1.59 bits per heavy atom. The van der Waals surface area contributed by atoms with Gasteiger partial charge in [0, 0.05) is 36.0 Å². The summed E-state index contributed by atoms with van der Waals surface area (Å²) in [4.78, 5) is 27.7. The standard InChI is InChI=1S/C23H26Cl3NO4.C16H22ClNO4.CH4/c1-22(2,3)31-21(28)27-11-10-23(29,16-5-7-17(24)8-6-16)20(13-27)30-14-15-4-9-18(25)19(26)12-15;1-15(2,3)22-14(20)18-9-8-16(21,13(19)10-18)11-4-6-12(17)7-5-11;/h4-9,12,20,29H,10-11,13-14H2,1-3H3;4-7,13,19,21H,8-10H2,1-3H3;1H4/t20-,23-;13-,16-;/m11./s1. The number of ether oxygens (including phenoxy) is 3. The number of aliphatic hydroxyl groups is 3. The molecule has 0 bridgehead atoms. The molecule has 2 amide bonds. The van der Waals surface area contributed by atoms with Crippen LogP contribution in [0.2, 0.25) is 20.1 Å². The zero-order valence-electron chi connectivity index (χ0n) is 30.7. The molecule has 298 valence electrons. The van der Waals surface area contributed by atoms with Gasteiger partial charge in [-0.15, -0.1) is 0 Å². The minimum absolute atomic E-state index is 0. The van der Waals surface area contributed by atoms with Crippen molar-refractivity contribution in [2.45, 2.75) is 103 Å². The molecule has 2 aliphatic rings. The van der Waals surface area contributed by atoms with Crippen LogP contribution in [-0.2, 0) is 32.0 Å². The second-order valence-corrected chi connectivity index (χ2v) is 17.0. The fraction of sp³-hybridized carbons (Fsp3) is 0.500. The molecule has 0 aliphatic carbocycles. The highest BCUT2D eigenvalue weighted by Gasteiger charge is 2.46. The Morgan fingerprint density at radius 1 is 0.704 bits per heavy atom. The number of amides is 2. The molecule has 0 radical (unpaired) electrons. The van der Waals surface area contributed by atoms with Crippen LogP contribution in [0.5, 0.6) is 0 Å². The Kier molecular flexibility index (Phi) is 15.6. The molecule has 0 spiro atoms. The molecule has 0 aromatic heterocycles. The summed E-state index contributed by atoms with van der Waals surface area (Å²) < 4.78 is 16.9. The van der Waals surface area contributed by atoms with E-state index in [-0.39, 0.29) is 33.5 Å². The van der Waals surface area contributed by atoms with E-state index < -0.39 is 46.8 Å². The molecule has 0 saturated carbocycles. The van der Waals surface area contributed by atoms with Crippen LogP contribution in [0.3, 0.4) is 0 Å². The summed E-state index contributed by atoms with van der Waals surface area (Å²) in [5, 5.41) is 34.7. The van der Waals surface area contributed by atoms with Gasteiger partial charge in [-0.25, -0.2) is 9.59 Å². The van der Waals surface area contributed by atoms with Gasteiger partial charge in [0.05, 0.1) is 29.7 Å². The van der Waals surface area contributed by atoms with E-state index >= 15 is 0 Å². The van der Waals surface area contributed by atoms with E-state index in [9.17, 15) is 24.9 Å². The zero-order valence-corrected chi connectivity index (χ0v) is 33.8. The Bertz CT molecular complexity index is 1710. The van der Waals surface area contributed by atoms with Crippen LogP contribution < -0.4 is 0 Å². The number of hydrogen-bond donors (Lipinski definition) is 3. The lowest BCUT2D eigenvalue weighted by Crippen LogP contribution is -2.56. The molecule has 2 aliphatic heterocycles. The van der Waals surface area contributed by atoms with Gasteiger partial charge in [0.15, 0.2) is 0 Å². The molecule has 3 aromatic carbocycles. The molecule has 10 nitrogen and oxygen atoms in total. The average Bonchev–Trinajstić information content (AvgIpc) is 3.06. The van der Waals surface area contributed by atoms with Crippen LogP contribution in [0.25, 0.3) is 0 Å². The normalized spacial score (nSPS) is 23.1. The van der Waals surface area contributed by atoms with Crippen molar-refractivity contribution in [3.05, 3.63) is 104 Å². The number of carbonyl (C=O) groups is 2. The molecule has 2 fully saturated rings. The highest BCUT2D eigenvalue weighted by Crippen LogP contribution is 2.37. The maximum absolute atomic E-state index is 12.6. The summed E-state index contributed by atoms with van der Waals surface area (Å²) in [6, 6.07) is 19.0. The van der Waals surface area contributed by atoms with Crippen molar-refractivity contribution < 1.29 is 39.1 Å². The molecule has 14 heteroatoms. The number of piperidine rings is 2. The van der Waals surface area contributed by atoms with Crippen LogP contribution in [0.1, 0.15) is 78.5 Å². The van der Waals surface area contributed by atoms with E-state index in [0.29, 0.717) is 50.7 Å². The number of benzene rings is 3. The molecule has 3 N–H and O–H groups in total. The first-order valence-corrected chi connectivity index (χ1v) is 18.8. The highest BCUT2D eigenvalue weighted by atomic mass is 35.5. The van der Waals surface area contributed by atoms with Crippen LogP contribution in [0.4, 0.5) is 9.59 Å². The highest BCUT2D eigenvalue weighted by molar-refractivity contribution is 6.42. The number of hydrogen-bond acceptors (Lipinski definition) is 8. The third kappa shape index (κ3) is 12.1. The zero-order chi connectivity index (χ0) is 39.4. The molecular formula is C40H52Cl4N2O8. The van der Waals surface area contributed by atoms with Gasteiger partial charge >= 0.3 is 12.2 Å². The molecule has 2 heterocycles. The minimum Gasteiger partial charge on any atom is -0.444 e. The third-order valence-corrected chi connectivity index (χ3v) is 10.1. The Balaban J connectivity index is 0.000000301. The van der Waals surface area contributed by atoms with E-state index in [1.165, 1.54) is 4.90 Å². The van der Waals surface area contributed by atoms with Crippen molar-refractivity contribution >= 4 is 58.6 Å². The first-order chi connectivity index (χ1) is 24.6. The van der Waals surface area contributed by atoms with Crippen LogP contribution >= 0.6 is 46.4 Å². The van der Waals surface area contributed by atoms with Crippen LogP contribution in [0, 0.1) is 0 Å².